The molecule has 1 aromatic heterocycles. The highest BCUT2D eigenvalue weighted by molar-refractivity contribution is 5.98. The van der Waals surface area contributed by atoms with Gasteiger partial charge in [0.15, 0.2) is 5.78 Å². The van der Waals surface area contributed by atoms with Crippen LogP contribution in [0.15, 0.2) is 48.7 Å². The molecule has 4 aliphatic carbocycles. The molecule has 0 amide bonds. The van der Waals surface area contributed by atoms with Crippen molar-refractivity contribution in [2.75, 3.05) is 7.11 Å². The normalized spacial score (nSPS) is 29.3. The van der Waals surface area contributed by atoms with Crippen molar-refractivity contribution in [2.45, 2.75) is 45.1 Å². The summed E-state index contributed by atoms with van der Waals surface area (Å²) in [6.07, 6.45) is 12.9. The zero-order valence-corrected chi connectivity index (χ0v) is 17.5. The predicted octanol–water partition coefficient (Wildman–Crippen LogP) is 5.47. The van der Waals surface area contributed by atoms with E-state index < -0.39 is 0 Å². The van der Waals surface area contributed by atoms with Crippen LogP contribution in [0, 0.1) is 23.2 Å². The van der Waals surface area contributed by atoms with Crippen molar-refractivity contribution in [1.29, 1.82) is 0 Å². The van der Waals surface area contributed by atoms with Crippen LogP contribution < -0.4 is 9.47 Å². The molecule has 4 bridgehead atoms. The molecule has 4 aliphatic rings. The molecule has 2 aromatic rings. The fourth-order valence-corrected chi connectivity index (χ4v) is 6.36. The van der Waals surface area contributed by atoms with Gasteiger partial charge in [-0.25, -0.2) is 4.98 Å². The first kappa shape index (κ1) is 19.3. The third-order valence-corrected chi connectivity index (χ3v) is 7.31. The van der Waals surface area contributed by atoms with Crippen LogP contribution in [0.4, 0.5) is 0 Å². The van der Waals surface area contributed by atoms with Gasteiger partial charge in [0.2, 0.25) is 5.88 Å². The first-order valence-corrected chi connectivity index (χ1v) is 11.1. The average Bonchev–Trinajstić information content (AvgIpc) is 2.76. The lowest BCUT2D eigenvalue weighted by Gasteiger charge is -2.55. The standard InChI is InChI=1S/C26H29NO3/c1-29-23-7-5-18(13-22(23)17-30-25-4-2-3-9-27-25)6-8-24(28)26-14-19-10-20(15-26)12-21(11-19)16-26/h2-9,13,19-21H,10-12,14-17H2,1H3/b8-6+. The van der Waals surface area contributed by atoms with Crippen molar-refractivity contribution in [3.05, 3.63) is 59.8 Å². The summed E-state index contributed by atoms with van der Waals surface area (Å²) in [5.74, 6) is 4.04. The Morgan fingerprint density at radius 1 is 1.10 bits per heavy atom. The van der Waals surface area contributed by atoms with Gasteiger partial charge < -0.3 is 9.47 Å². The van der Waals surface area contributed by atoms with Crippen LogP contribution in [-0.2, 0) is 11.4 Å². The van der Waals surface area contributed by atoms with E-state index in [0.29, 0.717) is 18.3 Å². The second-order valence-corrected chi connectivity index (χ2v) is 9.42. The maximum atomic E-state index is 13.2. The maximum Gasteiger partial charge on any atom is 0.213 e. The highest BCUT2D eigenvalue weighted by Crippen LogP contribution is 2.60. The van der Waals surface area contributed by atoms with Crippen molar-refractivity contribution < 1.29 is 14.3 Å². The van der Waals surface area contributed by atoms with E-state index in [1.165, 1.54) is 19.3 Å². The lowest BCUT2D eigenvalue weighted by Crippen LogP contribution is -2.49. The van der Waals surface area contributed by atoms with Crippen LogP contribution in [-0.4, -0.2) is 17.9 Å². The number of methoxy groups -OCH3 is 1. The van der Waals surface area contributed by atoms with Crippen LogP contribution in [0.5, 0.6) is 11.6 Å². The van der Waals surface area contributed by atoms with E-state index >= 15 is 0 Å². The minimum absolute atomic E-state index is 0.0807. The Hall–Kier alpha value is -2.62. The SMILES string of the molecule is COc1ccc(/C=C/C(=O)C23CC4CC(CC(C4)C2)C3)cc1COc1ccccn1. The zero-order chi connectivity index (χ0) is 20.6. The van der Waals surface area contributed by atoms with Gasteiger partial charge in [-0.15, -0.1) is 0 Å². The fraction of sp³-hybridized carbons (Fsp3) is 0.462. The van der Waals surface area contributed by atoms with Gasteiger partial charge in [-0.3, -0.25) is 4.79 Å². The van der Waals surface area contributed by atoms with E-state index in [0.717, 1.165) is 53.9 Å². The Labute approximate surface area is 178 Å². The number of nitrogens with zero attached hydrogens (tertiary/aromatic N) is 1. The second-order valence-electron chi connectivity index (χ2n) is 9.42. The third-order valence-electron chi connectivity index (χ3n) is 7.31. The van der Waals surface area contributed by atoms with E-state index in [1.807, 2.05) is 48.6 Å². The Morgan fingerprint density at radius 2 is 1.83 bits per heavy atom. The van der Waals surface area contributed by atoms with Gasteiger partial charge in [0.25, 0.3) is 0 Å². The largest absolute Gasteiger partial charge is 0.496 e. The quantitative estimate of drug-likeness (QED) is 0.575. The summed E-state index contributed by atoms with van der Waals surface area (Å²) in [5, 5.41) is 0. The first-order valence-electron chi connectivity index (χ1n) is 11.1. The number of pyridine rings is 1. The van der Waals surface area contributed by atoms with Crippen LogP contribution in [0.3, 0.4) is 0 Å². The summed E-state index contributed by atoms with van der Waals surface area (Å²) in [7, 11) is 1.66. The minimum atomic E-state index is -0.0807. The summed E-state index contributed by atoms with van der Waals surface area (Å²) in [6, 6.07) is 11.6. The van der Waals surface area contributed by atoms with Gasteiger partial charge in [0.05, 0.1) is 7.11 Å². The third kappa shape index (κ3) is 3.76. The van der Waals surface area contributed by atoms with Crippen molar-refractivity contribution in [2.24, 2.45) is 23.2 Å². The second kappa shape index (κ2) is 7.90. The Morgan fingerprint density at radius 3 is 2.47 bits per heavy atom. The van der Waals surface area contributed by atoms with E-state index in [2.05, 4.69) is 4.98 Å². The number of aromatic nitrogens is 1. The van der Waals surface area contributed by atoms with E-state index in [-0.39, 0.29) is 5.41 Å². The molecule has 0 aliphatic heterocycles. The van der Waals surface area contributed by atoms with Crippen molar-refractivity contribution in [3.63, 3.8) is 0 Å². The van der Waals surface area contributed by atoms with Gasteiger partial charge in [-0.2, -0.15) is 0 Å². The molecule has 0 N–H and O–H groups in total. The van der Waals surface area contributed by atoms with Gasteiger partial charge in [0, 0.05) is 23.2 Å². The number of ketones is 1. The number of allylic oxidation sites excluding steroid dienone is 1. The molecule has 4 fully saturated rings. The zero-order valence-electron chi connectivity index (χ0n) is 17.5. The molecule has 0 atom stereocenters. The molecule has 0 radical (unpaired) electrons. The molecule has 30 heavy (non-hydrogen) atoms. The van der Waals surface area contributed by atoms with Crippen molar-refractivity contribution in [3.8, 4) is 11.6 Å². The summed E-state index contributed by atoms with van der Waals surface area (Å²) in [4.78, 5) is 17.4. The molecule has 4 heteroatoms. The van der Waals surface area contributed by atoms with Gasteiger partial charge in [-0.05, 0) is 86.1 Å². The molecular formula is C26H29NO3. The highest BCUT2D eigenvalue weighted by atomic mass is 16.5. The number of carbonyl (C=O) groups is 1. The van der Waals surface area contributed by atoms with Gasteiger partial charge in [-0.1, -0.05) is 18.2 Å². The summed E-state index contributed by atoms with van der Waals surface area (Å²) in [5.41, 5.74) is 1.85. The van der Waals surface area contributed by atoms with E-state index in [4.69, 9.17) is 9.47 Å². The molecule has 0 unspecified atom stereocenters. The molecule has 0 spiro atoms. The average molecular weight is 404 g/mol. The lowest BCUT2D eigenvalue weighted by atomic mass is 9.48. The highest BCUT2D eigenvalue weighted by Gasteiger charge is 2.53. The van der Waals surface area contributed by atoms with E-state index in [9.17, 15) is 4.79 Å². The molecule has 0 saturated heterocycles. The van der Waals surface area contributed by atoms with E-state index in [1.54, 1.807) is 13.3 Å². The maximum absolute atomic E-state index is 13.2. The molecular weight excluding hydrogens is 374 g/mol. The smallest absolute Gasteiger partial charge is 0.213 e. The number of rotatable bonds is 7. The van der Waals surface area contributed by atoms with Gasteiger partial charge >= 0.3 is 0 Å². The number of carbonyl (C=O) groups excluding carboxylic acids is 1. The van der Waals surface area contributed by atoms with Gasteiger partial charge in [0.1, 0.15) is 12.4 Å². The molecule has 156 valence electrons. The van der Waals surface area contributed by atoms with Crippen LogP contribution in [0.25, 0.3) is 6.08 Å². The molecule has 1 aromatic carbocycles. The Kier molecular flexibility index (Phi) is 5.10. The summed E-state index contributed by atoms with van der Waals surface area (Å²) < 4.78 is 11.3. The van der Waals surface area contributed by atoms with Crippen LogP contribution in [0.2, 0.25) is 0 Å². The topological polar surface area (TPSA) is 48.4 Å². The molecule has 6 rings (SSSR count). The van der Waals surface area contributed by atoms with Crippen molar-refractivity contribution in [1.82, 2.24) is 4.98 Å². The summed E-state index contributed by atoms with van der Waals surface area (Å²) in [6.45, 7) is 0.366. The van der Waals surface area contributed by atoms with Crippen LogP contribution >= 0.6 is 0 Å². The van der Waals surface area contributed by atoms with Crippen LogP contribution in [0.1, 0.15) is 49.7 Å². The molecule has 4 nitrogen and oxygen atoms in total. The number of ether oxygens (including phenoxy) is 2. The molecule has 4 saturated carbocycles. The fourth-order valence-electron chi connectivity index (χ4n) is 6.36. The van der Waals surface area contributed by atoms with Crippen molar-refractivity contribution >= 4 is 11.9 Å². The summed E-state index contributed by atoms with van der Waals surface area (Å²) >= 11 is 0. The lowest BCUT2D eigenvalue weighted by molar-refractivity contribution is -0.138. The monoisotopic (exact) mass is 403 g/mol. The predicted molar refractivity (Wildman–Crippen MR) is 116 cm³/mol. The Bertz CT molecular complexity index is 915. The first-order chi connectivity index (χ1) is 14.6. The number of benzene rings is 1. The number of hydrogen-bond acceptors (Lipinski definition) is 4. The number of hydrogen-bond donors (Lipinski definition) is 0. The molecule has 1 heterocycles. The minimum Gasteiger partial charge on any atom is -0.496 e. The Balaban J connectivity index is 1.31.